The molecule has 160 valence electrons. The fourth-order valence-corrected chi connectivity index (χ4v) is 5.00. The summed E-state index contributed by atoms with van der Waals surface area (Å²) in [6, 6.07) is 16.5. The van der Waals surface area contributed by atoms with Crippen LogP contribution in [0.25, 0.3) is 10.9 Å². The smallest absolute Gasteiger partial charge is 0.179 e. The lowest BCUT2D eigenvalue weighted by atomic mass is 9.80. The molecule has 1 unspecified atom stereocenters. The van der Waals surface area contributed by atoms with E-state index >= 15 is 0 Å². The number of aromatic nitrogens is 3. The Bertz CT molecular complexity index is 1340. The number of rotatable bonds is 2. The highest BCUT2D eigenvalue weighted by molar-refractivity contribution is 6.31. The van der Waals surface area contributed by atoms with Crippen LogP contribution in [0.1, 0.15) is 65.0 Å². The molecule has 0 fully saturated rings. The Morgan fingerprint density at radius 2 is 1.94 bits per heavy atom. The van der Waals surface area contributed by atoms with Crippen molar-refractivity contribution in [1.29, 1.82) is 5.26 Å². The van der Waals surface area contributed by atoms with Gasteiger partial charge in [-0.05, 0) is 61.9 Å². The largest absolute Gasteiger partial charge is 0.358 e. The molecule has 0 aliphatic heterocycles. The average Bonchev–Trinajstić information content (AvgIpc) is 3.12. The Balaban J connectivity index is 1.60. The molecule has 4 nitrogen and oxygen atoms in total. The summed E-state index contributed by atoms with van der Waals surface area (Å²) in [5.74, 6) is 0.114. The monoisotopic (exact) mass is 444 g/mol. The van der Waals surface area contributed by atoms with Crippen molar-refractivity contribution in [2.75, 3.05) is 0 Å². The maximum atomic E-state index is 13.8. The molecule has 1 aliphatic rings. The average molecular weight is 445 g/mol. The topological polar surface area (TPSA) is 65.4 Å². The van der Waals surface area contributed by atoms with Gasteiger partial charge in [0, 0.05) is 33.5 Å². The molecular weight excluding hydrogens is 423 g/mol. The van der Waals surface area contributed by atoms with Crippen LogP contribution in [0.4, 0.5) is 4.39 Å². The number of benzene rings is 2. The summed E-state index contributed by atoms with van der Waals surface area (Å²) in [6.45, 7) is 2.09. The zero-order valence-corrected chi connectivity index (χ0v) is 18.5. The lowest BCUT2D eigenvalue weighted by molar-refractivity contribution is 0.484. The molecular formula is C26H22ClFN4. The van der Waals surface area contributed by atoms with E-state index in [1.807, 2.05) is 24.3 Å². The summed E-state index contributed by atoms with van der Waals surface area (Å²) >= 11 is 6.33. The Morgan fingerprint density at radius 1 is 1.12 bits per heavy atom. The normalized spacial score (nSPS) is 18.6. The Labute approximate surface area is 191 Å². The van der Waals surface area contributed by atoms with Gasteiger partial charge in [0.05, 0.1) is 6.20 Å². The van der Waals surface area contributed by atoms with E-state index < -0.39 is 5.82 Å². The number of aromatic amines is 1. The van der Waals surface area contributed by atoms with Gasteiger partial charge in [-0.3, -0.25) is 0 Å². The SMILES string of the molecule is Cc1ccc([C@@H]2CCC(c3ncc(F)c(C#N)n3)CCc3c2[nH]c2ccc(Cl)cc32)cc1. The predicted molar refractivity (Wildman–Crippen MR) is 123 cm³/mol. The highest BCUT2D eigenvalue weighted by atomic mass is 35.5. The van der Waals surface area contributed by atoms with E-state index in [-0.39, 0.29) is 17.5 Å². The van der Waals surface area contributed by atoms with E-state index in [1.165, 1.54) is 22.4 Å². The fraction of sp³-hybridized carbons (Fsp3) is 0.269. The fourth-order valence-electron chi connectivity index (χ4n) is 4.83. The van der Waals surface area contributed by atoms with E-state index in [2.05, 4.69) is 46.1 Å². The highest BCUT2D eigenvalue weighted by Crippen LogP contribution is 2.41. The second-order valence-corrected chi connectivity index (χ2v) is 8.96. The van der Waals surface area contributed by atoms with Gasteiger partial charge in [-0.25, -0.2) is 14.4 Å². The molecule has 4 aromatic rings. The molecule has 0 amide bonds. The van der Waals surface area contributed by atoms with Crippen LogP contribution >= 0.6 is 11.6 Å². The number of H-pyrrole nitrogens is 1. The predicted octanol–water partition coefficient (Wildman–Crippen LogP) is 6.57. The van der Waals surface area contributed by atoms with Crippen LogP contribution < -0.4 is 0 Å². The maximum absolute atomic E-state index is 13.8. The molecule has 0 bridgehead atoms. The summed E-state index contributed by atoms with van der Waals surface area (Å²) in [6.07, 6.45) is 4.51. The first-order valence-electron chi connectivity index (χ1n) is 10.8. The summed E-state index contributed by atoms with van der Waals surface area (Å²) < 4.78 is 13.8. The zero-order chi connectivity index (χ0) is 22.2. The van der Waals surface area contributed by atoms with Crippen LogP contribution in [0.15, 0.2) is 48.7 Å². The highest BCUT2D eigenvalue weighted by Gasteiger charge is 2.28. The van der Waals surface area contributed by atoms with Gasteiger partial charge in [-0.15, -0.1) is 0 Å². The number of hydrogen-bond donors (Lipinski definition) is 1. The van der Waals surface area contributed by atoms with Gasteiger partial charge in [-0.1, -0.05) is 41.4 Å². The van der Waals surface area contributed by atoms with Crippen molar-refractivity contribution in [2.45, 2.75) is 44.4 Å². The Kier molecular flexibility index (Phi) is 5.40. The molecule has 5 rings (SSSR count). The minimum atomic E-state index is -0.673. The third-order valence-corrected chi connectivity index (χ3v) is 6.74. The summed E-state index contributed by atoms with van der Waals surface area (Å²) in [5.41, 5.74) is 5.88. The Morgan fingerprint density at radius 3 is 2.72 bits per heavy atom. The van der Waals surface area contributed by atoms with Crippen molar-refractivity contribution in [3.8, 4) is 6.07 Å². The number of nitriles is 1. The minimum Gasteiger partial charge on any atom is -0.358 e. The molecule has 6 heteroatoms. The lowest BCUT2D eigenvalue weighted by Gasteiger charge is -2.25. The van der Waals surface area contributed by atoms with E-state index in [1.54, 1.807) is 0 Å². The molecule has 1 aliphatic carbocycles. The number of fused-ring (bicyclic) bond motifs is 3. The van der Waals surface area contributed by atoms with Crippen molar-refractivity contribution < 1.29 is 4.39 Å². The van der Waals surface area contributed by atoms with Crippen molar-refractivity contribution in [1.82, 2.24) is 15.0 Å². The molecule has 2 aromatic heterocycles. The summed E-state index contributed by atoms with van der Waals surface area (Å²) in [7, 11) is 0. The first-order chi connectivity index (χ1) is 15.5. The first-order valence-corrected chi connectivity index (χ1v) is 11.2. The van der Waals surface area contributed by atoms with Crippen LogP contribution in [0.2, 0.25) is 5.02 Å². The molecule has 0 radical (unpaired) electrons. The molecule has 0 spiro atoms. The van der Waals surface area contributed by atoms with Gasteiger partial charge < -0.3 is 4.98 Å². The number of halogens is 2. The van der Waals surface area contributed by atoms with Crippen LogP contribution in [-0.4, -0.2) is 15.0 Å². The van der Waals surface area contributed by atoms with Crippen LogP contribution in [-0.2, 0) is 6.42 Å². The summed E-state index contributed by atoms with van der Waals surface area (Å²) in [5, 5.41) is 11.1. The van der Waals surface area contributed by atoms with Crippen LogP contribution in [0.3, 0.4) is 0 Å². The van der Waals surface area contributed by atoms with Crippen molar-refractivity contribution in [3.05, 3.63) is 93.4 Å². The van der Waals surface area contributed by atoms with Gasteiger partial charge in [0.1, 0.15) is 11.9 Å². The zero-order valence-electron chi connectivity index (χ0n) is 17.7. The van der Waals surface area contributed by atoms with E-state index in [0.29, 0.717) is 10.8 Å². The molecule has 2 heterocycles. The molecule has 1 N–H and O–H groups in total. The molecule has 32 heavy (non-hydrogen) atoms. The third kappa shape index (κ3) is 3.76. The van der Waals surface area contributed by atoms with Crippen molar-refractivity contribution in [3.63, 3.8) is 0 Å². The molecule has 0 saturated heterocycles. The van der Waals surface area contributed by atoms with E-state index in [0.717, 1.165) is 42.8 Å². The number of aryl methyl sites for hydroxylation is 2. The molecule has 2 atom stereocenters. The summed E-state index contributed by atoms with van der Waals surface area (Å²) in [4.78, 5) is 12.2. The third-order valence-electron chi connectivity index (χ3n) is 6.51. The van der Waals surface area contributed by atoms with Gasteiger partial charge >= 0.3 is 0 Å². The molecule has 2 aromatic carbocycles. The van der Waals surface area contributed by atoms with Crippen molar-refractivity contribution >= 4 is 22.5 Å². The number of nitrogens with zero attached hydrogens (tertiary/aromatic N) is 3. The van der Waals surface area contributed by atoms with Crippen LogP contribution in [0, 0.1) is 24.1 Å². The number of nitrogens with one attached hydrogen (secondary N) is 1. The quantitative estimate of drug-likeness (QED) is 0.380. The van der Waals surface area contributed by atoms with E-state index in [9.17, 15) is 9.65 Å². The standard InChI is InChI=1S/C26H22ClFN4/c1-15-2-4-16(5-3-15)19-9-6-17(26-30-14-22(28)24(13-29)32-26)7-10-20-21-12-18(27)8-11-23(21)31-25(19)20/h2-5,8,11-12,14,17,19,31H,6-7,9-10H2,1H3/t17?,19-/m0/s1. The lowest BCUT2D eigenvalue weighted by Crippen LogP contribution is -2.15. The van der Waals surface area contributed by atoms with Gasteiger partial charge in [0.2, 0.25) is 0 Å². The second-order valence-electron chi connectivity index (χ2n) is 8.52. The van der Waals surface area contributed by atoms with Crippen molar-refractivity contribution in [2.24, 2.45) is 0 Å². The van der Waals surface area contributed by atoms with E-state index in [4.69, 9.17) is 11.6 Å². The number of hydrogen-bond acceptors (Lipinski definition) is 3. The Hall–Kier alpha value is -3.23. The molecule has 0 saturated carbocycles. The van der Waals surface area contributed by atoms with Gasteiger partial charge in [0.15, 0.2) is 11.5 Å². The van der Waals surface area contributed by atoms with Crippen LogP contribution in [0.5, 0.6) is 0 Å². The van der Waals surface area contributed by atoms with Gasteiger partial charge in [-0.2, -0.15) is 5.26 Å². The minimum absolute atomic E-state index is 0.0490. The second kappa shape index (κ2) is 8.37. The first kappa shape index (κ1) is 20.7. The maximum Gasteiger partial charge on any atom is 0.179 e. The van der Waals surface area contributed by atoms with Gasteiger partial charge in [0.25, 0.3) is 0 Å².